The van der Waals surface area contributed by atoms with Gasteiger partial charge in [-0.2, -0.15) is 0 Å². The van der Waals surface area contributed by atoms with E-state index in [2.05, 4.69) is 20.9 Å². The lowest BCUT2D eigenvalue weighted by atomic mass is 10.2. The number of aromatic nitrogens is 1. The van der Waals surface area contributed by atoms with Crippen molar-refractivity contribution in [2.45, 2.75) is 6.54 Å². The molecule has 0 radical (unpaired) electrons. The Morgan fingerprint density at radius 1 is 0.962 bits per heavy atom. The number of carbonyl (C=O) groups excluding carboxylic acids is 3. The van der Waals surface area contributed by atoms with Gasteiger partial charge in [-0.05, 0) is 29.8 Å². The maximum absolute atomic E-state index is 12.0. The first-order valence-corrected chi connectivity index (χ1v) is 8.37. The molecule has 2 rings (SSSR count). The van der Waals surface area contributed by atoms with Crippen LogP contribution in [0.3, 0.4) is 0 Å². The van der Waals surface area contributed by atoms with Gasteiger partial charge in [0.05, 0.1) is 23.7 Å². The van der Waals surface area contributed by atoms with E-state index >= 15 is 0 Å². The molecule has 0 saturated heterocycles. The number of rotatable bonds is 7. The summed E-state index contributed by atoms with van der Waals surface area (Å²) in [5, 5.41) is 8.07. The molecule has 1 aromatic carbocycles. The summed E-state index contributed by atoms with van der Waals surface area (Å²) in [7, 11) is 0. The van der Waals surface area contributed by atoms with Crippen LogP contribution in [0.4, 0.5) is 0 Å². The normalized spacial score (nSPS) is 10.1. The van der Waals surface area contributed by atoms with Gasteiger partial charge in [0.1, 0.15) is 0 Å². The molecule has 2 aromatic rings. The van der Waals surface area contributed by atoms with E-state index in [1.54, 1.807) is 18.5 Å². The standard InChI is InChI=1S/C17H16Cl2N4O3/c18-12-3-4-13(14(19)6-12)17(26)23-10-16(25)22-9-15(24)21-8-11-2-1-5-20-7-11/h1-7H,8-10H2,(H,21,24)(H,22,25)(H,23,26). The van der Waals surface area contributed by atoms with Gasteiger partial charge in [0.15, 0.2) is 0 Å². The maximum atomic E-state index is 12.0. The summed E-state index contributed by atoms with van der Waals surface area (Å²) >= 11 is 11.7. The lowest BCUT2D eigenvalue weighted by Gasteiger charge is -2.09. The van der Waals surface area contributed by atoms with Gasteiger partial charge in [0.25, 0.3) is 5.91 Å². The van der Waals surface area contributed by atoms with Crippen LogP contribution in [0.5, 0.6) is 0 Å². The molecule has 3 N–H and O–H groups in total. The summed E-state index contributed by atoms with van der Waals surface area (Å²) in [4.78, 5) is 39.3. The van der Waals surface area contributed by atoms with Crippen LogP contribution >= 0.6 is 23.2 Å². The Bertz CT molecular complexity index is 800. The number of halogens is 2. The zero-order valence-corrected chi connectivity index (χ0v) is 15.1. The van der Waals surface area contributed by atoms with Crippen LogP contribution in [0.1, 0.15) is 15.9 Å². The highest BCUT2D eigenvalue weighted by molar-refractivity contribution is 6.36. The van der Waals surface area contributed by atoms with Crippen molar-refractivity contribution in [3.05, 3.63) is 63.9 Å². The van der Waals surface area contributed by atoms with Crippen molar-refractivity contribution in [3.8, 4) is 0 Å². The Labute approximate surface area is 160 Å². The minimum Gasteiger partial charge on any atom is -0.350 e. The first-order valence-electron chi connectivity index (χ1n) is 7.61. The molecule has 0 aliphatic rings. The van der Waals surface area contributed by atoms with E-state index in [1.807, 2.05) is 6.07 Å². The quantitative estimate of drug-likeness (QED) is 0.662. The fraction of sp³-hybridized carbons (Fsp3) is 0.176. The van der Waals surface area contributed by atoms with Crippen LogP contribution < -0.4 is 16.0 Å². The molecule has 0 bridgehead atoms. The van der Waals surface area contributed by atoms with E-state index in [4.69, 9.17) is 23.2 Å². The molecule has 3 amide bonds. The van der Waals surface area contributed by atoms with E-state index in [0.717, 1.165) is 5.56 Å². The largest absolute Gasteiger partial charge is 0.350 e. The number of amides is 3. The van der Waals surface area contributed by atoms with E-state index in [0.29, 0.717) is 11.6 Å². The molecule has 1 aromatic heterocycles. The number of pyridine rings is 1. The summed E-state index contributed by atoms with van der Waals surface area (Å²) in [5.41, 5.74) is 1.05. The molecule has 0 fully saturated rings. The average Bonchev–Trinajstić information content (AvgIpc) is 2.63. The van der Waals surface area contributed by atoms with Crippen molar-refractivity contribution in [3.63, 3.8) is 0 Å². The molecule has 0 spiro atoms. The van der Waals surface area contributed by atoms with Crippen LogP contribution in [0.15, 0.2) is 42.7 Å². The molecule has 0 aliphatic carbocycles. The molecule has 9 heteroatoms. The van der Waals surface area contributed by atoms with E-state index in [1.165, 1.54) is 18.2 Å². The second-order valence-electron chi connectivity index (χ2n) is 5.22. The van der Waals surface area contributed by atoms with Crippen LogP contribution in [-0.4, -0.2) is 35.8 Å². The smallest absolute Gasteiger partial charge is 0.253 e. The molecular formula is C17H16Cl2N4O3. The molecule has 0 saturated carbocycles. The minimum absolute atomic E-state index is 0.185. The van der Waals surface area contributed by atoms with Gasteiger partial charge in [0.2, 0.25) is 11.8 Å². The molecule has 26 heavy (non-hydrogen) atoms. The Hall–Kier alpha value is -2.64. The minimum atomic E-state index is -0.511. The average molecular weight is 395 g/mol. The predicted molar refractivity (Wildman–Crippen MR) is 97.9 cm³/mol. The van der Waals surface area contributed by atoms with Gasteiger partial charge in [0, 0.05) is 24.0 Å². The zero-order chi connectivity index (χ0) is 18.9. The SMILES string of the molecule is O=C(CNC(=O)CNC(=O)c1ccc(Cl)cc1Cl)NCc1cccnc1. The number of benzene rings is 1. The van der Waals surface area contributed by atoms with E-state index < -0.39 is 11.8 Å². The molecular weight excluding hydrogens is 379 g/mol. The molecule has 0 aliphatic heterocycles. The van der Waals surface area contributed by atoms with Gasteiger partial charge in [-0.25, -0.2) is 0 Å². The van der Waals surface area contributed by atoms with Gasteiger partial charge < -0.3 is 16.0 Å². The zero-order valence-electron chi connectivity index (χ0n) is 13.6. The third-order valence-electron chi connectivity index (χ3n) is 3.24. The maximum Gasteiger partial charge on any atom is 0.253 e. The lowest BCUT2D eigenvalue weighted by Crippen LogP contribution is -2.41. The summed E-state index contributed by atoms with van der Waals surface area (Å²) in [6, 6.07) is 8.01. The number of hydrogen-bond donors (Lipinski definition) is 3. The summed E-state index contributed by atoms with van der Waals surface area (Å²) in [5.74, 6) is -1.36. The fourth-order valence-corrected chi connectivity index (χ4v) is 2.43. The third kappa shape index (κ3) is 6.34. The van der Waals surface area contributed by atoms with Crippen LogP contribution in [0.2, 0.25) is 10.0 Å². The highest BCUT2D eigenvalue weighted by Crippen LogP contribution is 2.20. The Morgan fingerprint density at radius 2 is 1.69 bits per heavy atom. The first-order chi connectivity index (χ1) is 12.5. The highest BCUT2D eigenvalue weighted by Gasteiger charge is 2.12. The van der Waals surface area contributed by atoms with Crippen LogP contribution in [0, 0.1) is 0 Å². The monoisotopic (exact) mass is 394 g/mol. The summed E-state index contributed by atoms with van der Waals surface area (Å²) < 4.78 is 0. The van der Waals surface area contributed by atoms with Crippen LogP contribution in [-0.2, 0) is 16.1 Å². The Morgan fingerprint density at radius 3 is 2.38 bits per heavy atom. The Kier molecular flexibility index (Phi) is 7.37. The highest BCUT2D eigenvalue weighted by atomic mass is 35.5. The number of hydrogen-bond acceptors (Lipinski definition) is 4. The van der Waals surface area contributed by atoms with Gasteiger partial charge in [-0.15, -0.1) is 0 Å². The molecule has 7 nitrogen and oxygen atoms in total. The van der Waals surface area contributed by atoms with Crippen molar-refractivity contribution in [2.24, 2.45) is 0 Å². The summed E-state index contributed by atoms with van der Waals surface area (Å²) in [6.07, 6.45) is 3.27. The molecule has 0 unspecified atom stereocenters. The Balaban J connectivity index is 1.69. The van der Waals surface area contributed by atoms with Crippen molar-refractivity contribution in [1.82, 2.24) is 20.9 Å². The van der Waals surface area contributed by atoms with Crippen molar-refractivity contribution >= 4 is 40.9 Å². The van der Waals surface area contributed by atoms with Gasteiger partial charge in [-0.1, -0.05) is 29.3 Å². The van der Waals surface area contributed by atoms with Crippen molar-refractivity contribution in [2.75, 3.05) is 13.1 Å². The predicted octanol–water partition coefficient (Wildman–Crippen LogP) is 1.55. The fourth-order valence-electron chi connectivity index (χ4n) is 1.94. The number of carbonyl (C=O) groups is 3. The van der Waals surface area contributed by atoms with Crippen molar-refractivity contribution < 1.29 is 14.4 Å². The second kappa shape index (κ2) is 9.74. The number of nitrogens with one attached hydrogen (secondary N) is 3. The van der Waals surface area contributed by atoms with E-state index in [-0.39, 0.29) is 29.6 Å². The topological polar surface area (TPSA) is 100 Å². The van der Waals surface area contributed by atoms with Gasteiger partial charge in [-0.3, -0.25) is 19.4 Å². The van der Waals surface area contributed by atoms with Crippen molar-refractivity contribution in [1.29, 1.82) is 0 Å². The molecule has 136 valence electrons. The molecule has 0 atom stereocenters. The number of nitrogens with zero attached hydrogens (tertiary/aromatic N) is 1. The first kappa shape index (κ1) is 19.7. The second-order valence-corrected chi connectivity index (χ2v) is 6.07. The van der Waals surface area contributed by atoms with Gasteiger partial charge >= 0.3 is 0 Å². The third-order valence-corrected chi connectivity index (χ3v) is 3.79. The molecule has 1 heterocycles. The lowest BCUT2D eigenvalue weighted by molar-refractivity contribution is -0.125. The van der Waals surface area contributed by atoms with E-state index in [9.17, 15) is 14.4 Å². The summed E-state index contributed by atoms with van der Waals surface area (Å²) in [6.45, 7) is -0.168. The van der Waals surface area contributed by atoms with Crippen LogP contribution in [0.25, 0.3) is 0 Å².